The SMILES string of the molecule is Cn1cccc1CNS(=O)(=O)Cc1ccccc1C#N. The predicted octanol–water partition coefficient (Wildman–Crippen LogP) is 1.52. The lowest BCUT2D eigenvalue weighted by molar-refractivity contribution is 0.578. The van der Waals surface area contributed by atoms with Crippen molar-refractivity contribution in [3.05, 3.63) is 59.4 Å². The zero-order valence-electron chi connectivity index (χ0n) is 11.1. The van der Waals surface area contributed by atoms with Crippen molar-refractivity contribution in [1.82, 2.24) is 9.29 Å². The Kier molecular flexibility index (Phi) is 4.23. The van der Waals surface area contributed by atoms with Gasteiger partial charge in [-0.1, -0.05) is 18.2 Å². The Bertz CT molecular complexity index is 742. The van der Waals surface area contributed by atoms with E-state index in [0.717, 1.165) is 5.69 Å². The summed E-state index contributed by atoms with van der Waals surface area (Å²) in [5.74, 6) is -0.193. The van der Waals surface area contributed by atoms with E-state index in [0.29, 0.717) is 11.1 Å². The Morgan fingerprint density at radius 3 is 2.65 bits per heavy atom. The van der Waals surface area contributed by atoms with Gasteiger partial charge in [-0.25, -0.2) is 13.1 Å². The number of nitrogens with one attached hydrogen (secondary N) is 1. The van der Waals surface area contributed by atoms with Crippen molar-refractivity contribution in [2.45, 2.75) is 12.3 Å². The summed E-state index contributed by atoms with van der Waals surface area (Å²) in [5, 5.41) is 8.96. The summed E-state index contributed by atoms with van der Waals surface area (Å²) in [6, 6.07) is 12.4. The van der Waals surface area contributed by atoms with Crippen LogP contribution < -0.4 is 4.72 Å². The number of nitrogens with zero attached hydrogens (tertiary/aromatic N) is 2. The smallest absolute Gasteiger partial charge is 0.216 e. The van der Waals surface area contributed by atoms with Gasteiger partial charge in [0.05, 0.1) is 23.9 Å². The average molecular weight is 289 g/mol. The van der Waals surface area contributed by atoms with Gasteiger partial charge in [0.15, 0.2) is 0 Å². The lowest BCUT2D eigenvalue weighted by Gasteiger charge is -2.08. The molecule has 1 heterocycles. The first-order valence-corrected chi connectivity index (χ1v) is 7.72. The second-order valence-electron chi connectivity index (χ2n) is 4.46. The number of hydrogen-bond acceptors (Lipinski definition) is 3. The van der Waals surface area contributed by atoms with Crippen LogP contribution in [0.3, 0.4) is 0 Å². The molecule has 0 saturated heterocycles. The highest BCUT2D eigenvalue weighted by molar-refractivity contribution is 7.88. The maximum Gasteiger partial charge on any atom is 0.216 e. The molecule has 2 aromatic rings. The summed E-state index contributed by atoms with van der Waals surface area (Å²) in [5.41, 5.74) is 1.77. The van der Waals surface area contributed by atoms with Gasteiger partial charge in [-0.05, 0) is 23.8 Å². The van der Waals surface area contributed by atoms with Crippen molar-refractivity contribution >= 4 is 10.0 Å². The van der Waals surface area contributed by atoms with E-state index >= 15 is 0 Å². The molecule has 2 rings (SSSR count). The van der Waals surface area contributed by atoms with Crippen LogP contribution in [-0.2, 0) is 29.4 Å². The van der Waals surface area contributed by atoms with E-state index < -0.39 is 10.0 Å². The second kappa shape index (κ2) is 5.90. The fourth-order valence-corrected chi connectivity index (χ4v) is 3.01. The molecule has 0 unspecified atom stereocenters. The molecule has 0 radical (unpaired) electrons. The quantitative estimate of drug-likeness (QED) is 0.906. The van der Waals surface area contributed by atoms with Gasteiger partial charge in [0, 0.05) is 18.9 Å². The Labute approximate surface area is 118 Å². The van der Waals surface area contributed by atoms with Crippen LogP contribution >= 0.6 is 0 Å². The molecule has 5 nitrogen and oxygen atoms in total. The maximum absolute atomic E-state index is 12.0. The third-order valence-corrected chi connectivity index (χ3v) is 4.28. The summed E-state index contributed by atoms with van der Waals surface area (Å²) in [6.07, 6.45) is 1.86. The van der Waals surface area contributed by atoms with Crippen molar-refractivity contribution in [3.8, 4) is 6.07 Å². The van der Waals surface area contributed by atoms with Crippen molar-refractivity contribution < 1.29 is 8.42 Å². The van der Waals surface area contributed by atoms with E-state index in [2.05, 4.69) is 4.72 Å². The van der Waals surface area contributed by atoms with Gasteiger partial charge >= 0.3 is 0 Å². The molecule has 0 aliphatic heterocycles. The molecule has 104 valence electrons. The van der Waals surface area contributed by atoms with E-state index in [-0.39, 0.29) is 12.3 Å². The number of sulfonamides is 1. The largest absolute Gasteiger partial charge is 0.353 e. The average Bonchev–Trinajstić information content (AvgIpc) is 2.82. The molecule has 20 heavy (non-hydrogen) atoms. The van der Waals surface area contributed by atoms with Gasteiger partial charge in [0.25, 0.3) is 0 Å². The summed E-state index contributed by atoms with van der Waals surface area (Å²) < 4.78 is 28.5. The van der Waals surface area contributed by atoms with Gasteiger partial charge in [0.2, 0.25) is 10.0 Å². The van der Waals surface area contributed by atoms with Crippen LogP contribution in [0.2, 0.25) is 0 Å². The summed E-state index contributed by atoms with van der Waals surface area (Å²) in [6.45, 7) is 0.237. The fourth-order valence-electron chi connectivity index (χ4n) is 1.88. The highest BCUT2D eigenvalue weighted by Crippen LogP contribution is 2.11. The van der Waals surface area contributed by atoms with E-state index in [1.54, 1.807) is 24.3 Å². The first-order valence-electron chi connectivity index (χ1n) is 6.07. The number of rotatable bonds is 5. The van der Waals surface area contributed by atoms with Gasteiger partial charge < -0.3 is 4.57 Å². The second-order valence-corrected chi connectivity index (χ2v) is 6.27. The van der Waals surface area contributed by atoms with Crippen molar-refractivity contribution in [2.24, 2.45) is 7.05 Å². The van der Waals surface area contributed by atoms with Crippen LogP contribution in [-0.4, -0.2) is 13.0 Å². The molecule has 0 fully saturated rings. The lowest BCUT2D eigenvalue weighted by Crippen LogP contribution is -2.25. The first kappa shape index (κ1) is 14.3. The van der Waals surface area contributed by atoms with Crippen LogP contribution in [0.5, 0.6) is 0 Å². The molecule has 0 saturated carbocycles. The van der Waals surface area contributed by atoms with Crippen LogP contribution in [0.4, 0.5) is 0 Å². The van der Waals surface area contributed by atoms with Crippen LogP contribution in [0.15, 0.2) is 42.6 Å². The number of hydrogen-bond donors (Lipinski definition) is 1. The number of aryl methyl sites for hydroxylation is 1. The number of nitriles is 1. The van der Waals surface area contributed by atoms with E-state index in [4.69, 9.17) is 5.26 Å². The minimum atomic E-state index is -3.47. The molecule has 0 bridgehead atoms. The molecule has 1 aromatic carbocycles. The van der Waals surface area contributed by atoms with Crippen LogP contribution in [0.1, 0.15) is 16.8 Å². The van der Waals surface area contributed by atoms with E-state index in [1.165, 1.54) is 0 Å². The summed E-state index contributed by atoms with van der Waals surface area (Å²) >= 11 is 0. The first-order chi connectivity index (χ1) is 9.52. The zero-order valence-corrected chi connectivity index (χ0v) is 11.9. The Morgan fingerprint density at radius 1 is 1.25 bits per heavy atom. The molecular weight excluding hydrogens is 274 g/mol. The normalized spacial score (nSPS) is 11.2. The molecule has 6 heteroatoms. The maximum atomic E-state index is 12.0. The third-order valence-electron chi connectivity index (χ3n) is 3.01. The lowest BCUT2D eigenvalue weighted by atomic mass is 10.1. The van der Waals surface area contributed by atoms with Gasteiger partial charge in [0.1, 0.15) is 0 Å². The van der Waals surface area contributed by atoms with Gasteiger partial charge in [-0.2, -0.15) is 5.26 Å². The summed E-state index contributed by atoms with van der Waals surface area (Å²) in [4.78, 5) is 0. The molecule has 0 amide bonds. The Balaban J connectivity index is 2.08. The van der Waals surface area contributed by atoms with Crippen molar-refractivity contribution in [1.29, 1.82) is 5.26 Å². The molecule has 0 aliphatic carbocycles. The molecule has 0 aliphatic rings. The molecule has 1 N–H and O–H groups in total. The number of aromatic nitrogens is 1. The standard InChI is InChI=1S/C14H15N3O2S/c1-17-8-4-7-14(17)10-16-20(18,19)11-13-6-3-2-5-12(13)9-15/h2-8,16H,10-11H2,1H3. The highest BCUT2D eigenvalue weighted by atomic mass is 32.2. The molecule has 0 spiro atoms. The Hall–Kier alpha value is -2.10. The van der Waals surface area contributed by atoms with Gasteiger partial charge in [-0.15, -0.1) is 0 Å². The number of benzene rings is 1. The molecule has 1 aromatic heterocycles. The van der Waals surface area contributed by atoms with Crippen molar-refractivity contribution in [3.63, 3.8) is 0 Å². The van der Waals surface area contributed by atoms with Crippen LogP contribution in [0.25, 0.3) is 0 Å². The minimum Gasteiger partial charge on any atom is -0.353 e. The predicted molar refractivity (Wildman–Crippen MR) is 76.0 cm³/mol. The molecular formula is C14H15N3O2S. The third kappa shape index (κ3) is 3.47. The zero-order chi connectivity index (χ0) is 14.6. The molecule has 0 atom stereocenters. The Morgan fingerprint density at radius 2 is 2.00 bits per heavy atom. The van der Waals surface area contributed by atoms with E-state index in [9.17, 15) is 8.42 Å². The highest BCUT2D eigenvalue weighted by Gasteiger charge is 2.14. The topological polar surface area (TPSA) is 74.9 Å². The monoisotopic (exact) mass is 289 g/mol. The van der Waals surface area contributed by atoms with E-state index in [1.807, 2.05) is 36.0 Å². The van der Waals surface area contributed by atoms with Crippen molar-refractivity contribution in [2.75, 3.05) is 0 Å². The van der Waals surface area contributed by atoms with Gasteiger partial charge in [-0.3, -0.25) is 0 Å². The summed E-state index contributed by atoms with van der Waals surface area (Å²) in [7, 11) is -1.62. The minimum absolute atomic E-state index is 0.193. The van der Waals surface area contributed by atoms with Crippen LogP contribution in [0, 0.1) is 11.3 Å². The fraction of sp³-hybridized carbons (Fsp3) is 0.214.